The van der Waals surface area contributed by atoms with Crippen molar-refractivity contribution in [2.75, 3.05) is 31.4 Å². The highest BCUT2D eigenvalue weighted by molar-refractivity contribution is 6.05. The van der Waals surface area contributed by atoms with Crippen LogP contribution in [0, 0.1) is 0 Å². The van der Waals surface area contributed by atoms with Crippen LogP contribution in [0.1, 0.15) is 15.9 Å². The summed E-state index contributed by atoms with van der Waals surface area (Å²) >= 11 is 0. The molecule has 0 atom stereocenters. The summed E-state index contributed by atoms with van der Waals surface area (Å²) in [5.74, 6) is 0.918. The number of pyridine rings is 1. The van der Waals surface area contributed by atoms with Crippen LogP contribution in [-0.2, 0) is 6.42 Å². The number of benzene rings is 2. The van der Waals surface area contributed by atoms with E-state index >= 15 is 0 Å². The van der Waals surface area contributed by atoms with E-state index < -0.39 is 0 Å². The Morgan fingerprint density at radius 1 is 1.00 bits per heavy atom. The molecule has 28 heavy (non-hydrogen) atoms. The number of hydrogen-bond donors (Lipinski definition) is 2. The quantitative estimate of drug-likeness (QED) is 0.621. The lowest BCUT2D eigenvalue weighted by molar-refractivity contribution is 0.102. The highest BCUT2D eigenvalue weighted by atomic mass is 16.5. The average molecular weight is 377 g/mol. The van der Waals surface area contributed by atoms with Gasteiger partial charge in [-0.2, -0.15) is 0 Å². The van der Waals surface area contributed by atoms with Gasteiger partial charge in [0.15, 0.2) is 0 Å². The third kappa shape index (κ3) is 5.01. The Balaban J connectivity index is 1.64. The van der Waals surface area contributed by atoms with Gasteiger partial charge in [0.1, 0.15) is 11.5 Å². The number of hydrogen-bond acceptors (Lipinski definition) is 5. The van der Waals surface area contributed by atoms with Gasteiger partial charge in [0.25, 0.3) is 5.91 Å². The minimum absolute atomic E-state index is 0.261. The Morgan fingerprint density at radius 3 is 2.57 bits per heavy atom. The largest absolute Gasteiger partial charge is 0.497 e. The number of anilines is 2. The van der Waals surface area contributed by atoms with Crippen LogP contribution in [0.5, 0.6) is 11.5 Å². The van der Waals surface area contributed by atoms with Crippen LogP contribution in [0.25, 0.3) is 0 Å². The number of amides is 1. The number of nitrogens with zero attached hydrogens (tertiary/aromatic N) is 1. The Kier molecular flexibility index (Phi) is 6.46. The van der Waals surface area contributed by atoms with Gasteiger partial charge in [-0.3, -0.25) is 9.78 Å². The first-order chi connectivity index (χ1) is 13.7. The molecule has 0 fully saturated rings. The normalized spacial score (nSPS) is 10.2. The zero-order chi connectivity index (χ0) is 19.8. The van der Waals surface area contributed by atoms with E-state index in [0.29, 0.717) is 22.7 Å². The summed E-state index contributed by atoms with van der Waals surface area (Å²) in [7, 11) is 3.12. The van der Waals surface area contributed by atoms with Crippen molar-refractivity contribution < 1.29 is 14.3 Å². The van der Waals surface area contributed by atoms with Gasteiger partial charge >= 0.3 is 0 Å². The van der Waals surface area contributed by atoms with Crippen LogP contribution in [0.4, 0.5) is 11.4 Å². The number of carbonyl (C=O) groups is 1. The monoisotopic (exact) mass is 377 g/mol. The Labute approximate surface area is 164 Å². The van der Waals surface area contributed by atoms with E-state index in [2.05, 4.69) is 27.8 Å². The third-order valence-corrected chi connectivity index (χ3v) is 4.24. The van der Waals surface area contributed by atoms with Crippen molar-refractivity contribution in [3.8, 4) is 11.5 Å². The maximum Gasteiger partial charge on any atom is 0.257 e. The second kappa shape index (κ2) is 9.41. The highest BCUT2D eigenvalue weighted by Crippen LogP contribution is 2.29. The van der Waals surface area contributed by atoms with Gasteiger partial charge < -0.3 is 20.1 Å². The van der Waals surface area contributed by atoms with Gasteiger partial charge in [-0.15, -0.1) is 0 Å². The molecule has 0 unspecified atom stereocenters. The first-order valence-corrected chi connectivity index (χ1v) is 8.96. The van der Waals surface area contributed by atoms with Gasteiger partial charge in [-0.1, -0.05) is 30.3 Å². The molecule has 1 aromatic heterocycles. The predicted molar refractivity (Wildman–Crippen MR) is 110 cm³/mol. The zero-order valence-corrected chi connectivity index (χ0v) is 15.9. The van der Waals surface area contributed by atoms with E-state index in [9.17, 15) is 4.79 Å². The maximum absolute atomic E-state index is 12.6. The smallest absolute Gasteiger partial charge is 0.257 e. The number of aromatic nitrogens is 1. The molecule has 3 rings (SSSR count). The van der Waals surface area contributed by atoms with Crippen molar-refractivity contribution in [1.82, 2.24) is 4.98 Å². The predicted octanol–water partition coefficient (Wildman–Crippen LogP) is 4.01. The minimum Gasteiger partial charge on any atom is -0.497 e. The molecule has 2 aromatic carbocycles. The molecule has 144 valence electrons. The lowest BCUT2D eigenvalue weighted by Gasteiger charge is -2.12. The number of rotatable bonds is 8. The molecule has 6 nitrogen and oxygen atoms in total. The van der Waals surface area contributed by atoms with Gasteiger partial charge in [0.05, 0.1) is 31.2 Å². The molecule has 0 aliphatic heterocycles. The fourth-order valence-electron chi connectivity index (χ4n) is 2.75. The number of nitrogens with one attached hydrogen (secondary N) is 2. The molecular formula is C22H23N3O3. The van der Waals surface area contributed by atoms with E-state index in [0.717, 1.165) is 18.7 Å². The van der Waals surface area contributed by atoms with Crippen molar-refractivity contribution in [2.45, 2.75) is 6.42 Å². The lowest BCUT2D eigenvalue weighted by Crippen LogP contribution is -2.14. The molecular weight excluding hydrogens is 354 g/mol. The molecule has 1 heterocycles. The summed E-state index contributed by atoms with van der Waals surface area (Å²) in [6, 6.07) is 17.2. The molecule has 3 aromatic rings. The Morgan fingerprint density at radius 2 is 1.82 bits per heavy atom. The van der Waals surface area contributed by atoms with Crippen molar-refractivity contribution in [3.05, 3.63) is 78.1 Å². The van der Waals surface area contributed by atoms with E-state index in [-0.39, 0.29) is 5.91 Å². The van der Waals surface area contributed by atoms with Crippen molar-refractivity contribution in [3.63, 3.8) is 0 Å². The second-order valence-electron chi connectivity index (χ2n) is 6.15. The Hall–Kier alpha value is -3.54. The van der Waals surface area contributed by atoms with E-state index in [1.807, 2.05) is 18.2 Å². The first-order valence-electron chi connectivity index (χ1n) is 8.96. The number of carbonyl (C=O) groups excluding carboxylic acids is 1. The minimum atomic E-state index is -0.261. The molecule has 6 heteroatoms. The number of ether oxygens (including phenoxy) is 2. The van der Waals surface area contributed by atoms with Crippen molar-refractivity contribution in [1.29, 1.82) is 0 Å². The summed E-state index contributed by atoms with van der Waals surface area (Å²) < 4.78 is 10.5. The molecule has 0 spiro atoms. The molecule has 0 saturated heterocycles. The molecule has 2 N–H and O–H groups in total. The number of methoxy groups -OCH3 is 2. The van der Waals surface area contributed by atoms with E-state index in [1.165, 1.54) is 11.8 Å². The summed E-state index contributed by atoms with van der Waals surface area (Å²) in [5, 5.41) is 6.16. The first kappa shape index (κ1) is 19.2. The van der Waals surface area contributed by atoms with Crippen molar-refractivity contribution >= 4 is 17.3 Å². The van der Waals surface area contributed by atoms with Crippen LogP contribution in [0.2, 0.25) is 0 Å². The summed E-state index contributed by atoms with van der Waals surface area (Å²) in [4.78, 5) is 16.8. The van der Waals surface area contributed by atoms with E-state index in [4.69, 9.17) is 9.47 Å². The molecule has 1 amide bonds. The fraction of sp³-hybridized carbons (Fsp3) is 0.182. The van der Waals surface area contributed by atoms with Crippen LogP contribution in [-0.4, -0.2) is 31.7 Å². The molecule has 0 saturated carbocycles. The van der Waals surface area contributed by atoms with Crippen LogP contribution in [0.15, 0.2) is 67.0 Å². The summed E-state index contributed by atoms with van der Waals surface area (Å²) in [5.41, 5.74) is 3.08. The summed E-state index contributed by atoms with van der Waals surface area (Å²) in [6.07, 6.45) is 4.13. The summed E-state index contributed by atoms with van der Waals surface area (Å²) in [6.45, 7) is 0.753. The highest BCUT2D eigenvalue weighted by Gasteiger charge is 2.12. The van der Waals surface area contributed by atoms with Gasteiger partial charge in [-0.05, 0) is 30.2 Å². The van der Waals surface area contributed by atoms with Gasteiger partial charge in [0, 0.05) is 25.0 Å². The van der Waals surface area contributed by atoms with Crippen LogP contribution >= 0.6 is 0 Å². The fourth-order valence-corrected chi connectivity index (χ4v) is 2.75. The van der Waals surface area contributed by atoms with Crippen molar-refractivity contribution in [2.24, 2.45) is 0 Å². The van der Waals surface area contributed by atoms with Crippen LogP contribution in [0.3, 0.4) is 0 Å². The molecule has 0 aliphatic rings. The lowest BCUT2D eigenvalue weighted by atomic mass is 10.1. The second-order valence-corrected chi connectivity index (χ2v) is 6.15. The average Bonchev–Trinajstić information content (AvgIpc) is 2.75. The SMILES string of the molecule is COc1ccc(NC(=O)c2cncc(NCCc3ccccc3)c2)c(OC)c1. The van der Waals surface area contributed by atoms with E-state index in [1.54, 1.807) is 44.7 Å². The van der Waals surface area contributed by atoms with Gasteiger partial charge in [-0.25, -0.2) is 0 Å². The molecule has 0 radical (unpaired) electrons. The Bertz CT molecular complexity index is 929. The third-order valence-electron chi connectivity index (χ3n) is 4.24. The maximum atomic E-state index is 12.6. The molecule has 0 bridgehead atoms. The topological polar surface area (TPSA) is 72.5 Å². The van der Waals surface area contributed by atoms with Crippen LogP contribution < -0.4 is 20.1 Å². The standard InChI is InChI=1S/C22H23N3O3/c1-27-19-8-9-20(21(13-19)28-2)25-22(26)17-12-18(15-23-14-17)24-11-10-16-6-4-3-5-7-16/h3-9,12-15,24H,10-11H2,1-2H3,(H,25,26). The zero-order valence-electron chi connectivity index (χ0n) is 15.9. The van der Waals surface area contributed by atoms with Gasteiger partial charge in [0.2, 0.25) is 0 Å². The molecule has 0 aliphatic carbocycles.